The lowest BCUT2D eigenvalue weighted by molar-refractivity contribution is -0.387. The zero-order chi connectivity index (χ0) is 49.7. The van der Waals surface area contributed by atoms with Crippen LogP contribution >= 0.6 is 0 Å². The van der Waals surface area contributed by atoms with E-state index in [0.29, 0.717) is 19.3 Å². The second-order valence-electron chi connectivity index (χ2n) is 18.3. The lowest BCUT2D eigenvalue weighted by atomic mass is 9.94. The smallest absolute Gasteiger partial charge is 0.253 e. The second kappa shape index (κ2) is 23.7. The van der Waals surface area contributed by atoms with Crippen LogP contribution in [0.25, 0.3) is 0 Å². The van der Waals surface area contributed by atoms with Crippen molar-refractivity contribution in [2.24, 2.45) is 0 Å². The monoisotopic (exact) mass is 966 g/mol. The van der Waals surface area contributed by atoms with Crippen molar-refractivity contribution in [3.8, 4) is 0 Å². The summed E-state index contributed by atoms with van der Waals surface area (Å²) in [4.78, 5) is 47.6. The van der Waals surface area contributed by atoms with Gasteiger partial charge in [-0.3, -0.25) is 19.2 Å². The van der Waals surface area contributed by atoms with Crippen molar-refractivity contribution < 1.29 is 93.1 Å². The zero-order valence-corrected chi connectivity index (χ0v) is 38.7. The quantitative estimate of drug-likeness (QED) is 0.0407. The van der Waals surface area contributed by atoms with Crippen LogP contribution in [0, 0.1) is 0 Å². The largest absolute Gasteiger partial charge is 0.394 e. The normalized spacial score (nSPS) is 39.5. The van der Waals surface area contributed by atoms with Crippen LogP contribution < -0.4 is 32.5 Å². The van der Waals surface area contributed by atoms with Gasteiger partial charge in [-0.25, -0.2) is 0 Å². The minimum absolute atomic E-state index is 0.0420. The standard InChI is InChI=1S/C42H70N4O21/c1-16-23(46-21(48)15-42(5,6)58)30(54)36(59-7)41(61-16)66-35-27(51)19(4)62-38(33(35)57)65-34-26(50)18(3)63-39(32(34)56)67-37-31(55)25(49)17(2)64-40(37)60-14-10-8-9-11-20(47)44-12-13-45-24-22(43)28(52)29(24)53/h16-19,23,25-27,30-41,45,49-51,54-58H,8-15,43H2,1-7H3,(H,44,47)(H,46,48)/t16?,17?,18?,19?,23-,25+,26+,27+,30?,31?,32+,33+,34?,35?,36+,37+,38+,39+,40-,41+/m1/s1. The molecule has 67 heavy (non-hydrogen) atoms. The number of nitrogen functional groups attached to an aromatic ring is 1. The molecule has 1 aromatic carbocycles. The topological polar surface area (TPSA) is 375 Å². The van der Waals surface area contributed by atoms with Gasteiger partial charge in [0.15, 0.2) is 25.2 Å². The van der Waals surface area contributed by atoms with E-state index in [0.717, 1.165) is 0 Å². The molecular formula is C42H70N4O21. The molecular weight excluding hydrogens is 896 g/mol. The van der Waals surface area contributed by atoms with Gasteiger partial charge in [-0.2, -0.15) is 0 Å². The Kier molecular flexibility index (Phi) is 19.4. The molecule has 4 aliphatic rings. The minimum Gasteiger partial charge on any atom is -0.394 e. The van der Waals surface area contributed by atoms with Crippen molar-refractivity contribution in [2.45, 2.75) is 202 Å². The molecule has 8 unspecified atom stereocenters. The lowest BCUT2D eigenvalue weighted by Gasteiger charge is -2.49. The molecule has 0 aliphatic carbocycles. The summed E-state index contributed by atoms with van der Waals surface area (Å²) in [5.74, 6) is -0.794. The van der Waals surface area contributed by atoms with Gasteiger partial charge in [0.2, 0.25) is 11.8 Å². The molecule has 5 rings (SSSR count). The van der Waals surface area contributed by atoms with Crippen molar-refractivity contribution in [1.82, 2.24) is 10.6 Å². The highest BCUT2D eigenvalue weighted by Gasteiger charge is 2.55. The fourth-order valence-electron chi connectivity index (χ4n) is 8.32. The molecule has 0 aromatic heterocycles. The number of aliphatic hydroxyl groups excluding tert-OH is 7. The Morgan fingerprint density at radius 1 is 0.627 bits per heavy atom. The Bertz CT molecular complexity index is 1830. The maximum Gasteiger partial charge on any atom is 0.253 e. The van der Waals surface area contributed by atoms with Crippen LogP contribution in [0.15, 0.2) is 9.59 Å². The summed E-state index contributed by atoms with van der Waals surface area (Å²) in [7, 11) is 1.26. The molecule has 4 saturated heterocycles. The third-order valence-corrected chi connectivity index (χ3v) is 12.3. The third-order valence-electron chi connectivity index (χ3n) is 12.3. The van der Waals surface area contributed by atoms with Crippen LogP contribution in [-0.4, -0.2) is 208 Å². The van der Waals surface area contributed by atoms with E-state index in [1.807, 2.05) is 0 Å². The number of nitrogens with two attached hydrogens (primary N) is 1. The van der Waals surface area contributed by atoms with E-state index >= 15 is 0 Å². The maximum absolute atomic E-state index is 12.6. The first-order valence-corrected chi connectivity index (χ1v) is 22.6. The molecule has 1 aromatic rings. The number of hydrogen-bond acceptors (Lipinski definition) is 23. The number of ether oxygens (including phenoxy) is 9. The molecule has 13 N–H and O–H groups in total. The van der Waals surface area contributed by atoms with E-state index in [-0.39, 0.29) is 49.8 Å². The molecule has 384 valence electrons. The first-order chi connectivity index (χ1) is 31.4. The van der Waals surface area contributed by atoms with Crippen molar-refractivity contribution in [1.29, 1.82) is 0 Å². The molecule has 25 nitrogen and oxygen atoms in total. The van der Waals surface area contributed by atoms with Gasteiger partial charge in [0.1, 0.15) is 78.5 Å². The highest BCUT2D eigenvalue weighted by Crippen LogP contribution is 2.35. The number of anilines is 2. The SMILES string of the molecule is CO[C@H]1C(O)[C@H](NC(=O)CC(C)(C)O)C(C)O[C@H]1OC1[C@@H](O)C(C)O[C@@H](OC2[C@@H](O)C(C)O[C@@H](O[C@H]3C(O)[C@@H](O)C(C)O[C@H]3OCCCCCC(=O)NCCNc3c(N)c(=O)c3=O)[C@H]2O)[C@H]1O. The summed E-state index contributed by atoms with van der Waals surface area (Å²) in [6.07, 6.45) is -25.6. The van der Waals surface area contributed by atoms with Gasteiger partial charge in [-0.1, -0.05) is 6.42 Å². The summed E-state index contributed by atoms with van der Waals surface area (Å²) in [5.41, 5.74) is 2.63. The summed E-state index contributed by atoms with van der Waals surface area (Å²) in [6, 6.07) is -0.997. The van der Waals surface area contributed by atoms with Crippen LogP contribution in [-0.2, 0) is 52.2 Å². The fraction of sp³-hybridized carbons (Fsp3) is 0.857. The highest BCUT2D eigenvalue weighted by atomic mass is 16.8. The van der Waals surface area contributed by atoms with Crippen molar-refractivity contribution >= 4 is 23.2 Å². The number of carbonyl (C=O) groups excluding carboxylic acids is 2. The van der Waals surface area contributed by atoms with E-state index in [9.17, 15) is 60.0 Å². The van der Waals surface area contributed by atoms with E-state index in [2.05, 4.69) is 16.0 Å². The minimum atomic E-state index is -1.84. The number of hydrogen-bond donors (Lipinski definition) is 12. The van der Waals surface area contributed by atoms with Gasteiger partial charge < -0.3 is 105 Å². The number of unbranched alkanes of at least 4 members (excludes halogenated alkanes) is 2. The molecule has 0 radical (unpaired) electrons. The third kappa shape index (κ3) is 13.4. The fourth-order valence-corrected chi connectivity index (χ4v) is 8.32. The number of methoxy groups -OCH3 is 1. The van der Waals surface area contributed by atoms with Gasteiger partial charge in [0, 0.05) is 33.2 Å². The number of aliphatic hydroxyl groups is 8. The van der Waals surface area contributed by atoms with Crippen molar-refractivity contribution in [2.75, 3.05) is 37.9 Å². The number of carbonyl (C=O) groups is 2. The lowest BCUT2D eigenvalue weighted by Crippen LogP contribution is -2.67. The van der Waals surface area contributed by atoms with Crippen LogP contribution in [0.4, 0.5) is 11.4 Å². The average molecular weight is 967 g/mol. The number of rotatable bonds is 21. The number of nitrogens with one attached hydrogen (secondary N) is 3. The van der Waals surface area contributed by atoms with Crippen molar-refractivity contribution in [3.63, 3.8) is 0 Å². The van der Waals surface area contributed by atoms with Crippen LogP contribution in [0.3, 0.4) is 0 Å². The Hall–Kier alpha value is -3.06. The molecule has 4 aliphatic heterocycles. The Labute approximate surface area is 386 Å². The first kappa shape index (κ1) is 54.9. The molecule has 0 saturated carbocycles. The van der Waals surface area contributed by atoms with Crippen LogP contribution in [0.1, 0.15) is 73.6 Å². The summed E-state index contributed by atoms with van der Waals surface area (Å²) < 4.78 is 52.9. The first-order valence-electron chi connectivity index (χ1n) is 22.6. The van der Waals surface area contributed by atoms with E-state index in [1.54, 1.807) is 6.92 Å². The molecule has 0 spiro atoms. The van der Waals surface area contributed by atoms with E-state index in [1.165, 1.54) is 41.7 Å². The molecule has 20 atom stereocenters. The molecule has 4 fully saturated rings. The van der Waals surface area contributed by atoms with Gasteiger partial charge in [-0.05, 0) is 54.4 Å². The Morgan fingerprint density at radius 2 is 1.16 bits per heavy atom. The van der Waals surface area contributed by atoms with E-state index in [4.69, 9.17) is 48.4 Å². The van der Waals surface area contributed by atoms with Gasteiger partial charge in [-0.15, -0.1) is 0 Å². The predicted octanol–water partition coefficient (Wildman–Crippen LogP) is -4.71. The van der Waals surface area contributed by atoms with Crippen LogP contribution in [0.5, 0.6) is 0 Å². The maximum atomic E-state index is 12.6. The van der Waals surface area contributed by atoms with Gasteiger partial charge in [0.25, 0.3) is 10.9 Å². The molecule has 4 heterocycles. The molecule has 0 bridgehead atoms. The summed E-state index contributed by atoms with van der Waals surface area (Å²) >= 11 is 0. The Morgan fingerprint density at radius 3 is 1.73 bits per heavy atom. The number of amides is 2. The molecule has 2 amide bonds. The average Bonchev–Trinajstić information content (AvgIpc) is 3.26. The molecule has 25 heteroatoms. The van der Waals surface area contributed by atoms with Gasteiger partial charge in [0.05, 0.1) is 42.5 Å². The summed E-state index contributed by atoms with van der Waals surface area (Å²) in [6.45, 7) is 9.34. The van der Waals surface area contributed by atoms with E-state index < -0.39 is 145 Å². The Balaban J connectivity index is 1.15. The predicted molar refractivity (Wildman–Crippen MR) is 229 cm³/mol. The highest BCUT2D eigenvalue weighted by molar-refractivity contribution is 5.77. The van der Waals surface area contributed by atoms with Gasteiger partial charge >= 0.3 is 0 Å². The van der Waals surface area contributed by atoms with Crippen LogP contribution in [0.2, 0.25) is 0 Å². The summed E-state index contributed by atoms with van der Waals surface area (Å²) in [5, 5.41) is 96.7. The van der Waals surface area contributed by atoms with Crippen molar-refractivity contribution in [3.05, 3.63) is 20.4 Å². The zero-order valence-electron chi connectivity index (χ0n) is 38.7. The second-order valence-corrected chi connectivity index (χ2v) is 18.3.